The number of hydrogen-bond donors (Lipinski definition) is 2. The lowest BCUT2D eigenvalue weighted by atomic mass is 10.0. The van der Waals surface area contributed by atoms with Crippen LogP contribution in [-0.2, 0) is 4.74 Å². The summed E-state index contributed by atoms with van der Waals surface area (Å²) in [5, 5.41) is 6.43. The Morgan fingerprint density at radius 2 is 1.82 bits per heavy atom. The molecule has 1 aromatic carbocycles. The van der Waals surface area contributed by atoms with Gasteiger partial charge in [0.15, 0.2) is 11.5 Å². The van der Waals surface area contributed by atoms with Crippen molar-refractivity contribution in [3.8, 4) is 23.2 Å². The van der Waals surface area contributed by atoms with E-state index in [0.29, 0.717) is 13.0 Å². The maximum absolute atomic E-state index is 12.2. The zero-order valence-corrected chi connectivity index (χ0v) is 23.2. The number of carbonyl (C=O) groups is 1. The highest BCUT2D eigenvalue weighted by Gasteiger charge is 2.19. The Bertz CT molecular complexity index is 1500. The van der Waals surface area contributed by atoms with Gasteiger partial charge in [-0.1, -0.05) is 36.4 Å². The summed E-state index contributed by atoms with van der Waals surface area (Å²) in [7, 11) is 0. The molecule has 2 N–H and O–H groups in total. The van der Waals surface area contributed by atoms with Crippen molar-refractivity contribution in [1.82, 2.24) is 24.7 Å². The zero-order valence-electron chi connectivity index (χ0n) is 23.2. The van der Waals surface area contributed by atoms with Crippen molar-refractivity contribution in [2.75, 3.05) is 29.9 Å². The minimum Gasteiger partial charge on any atom is -0.444 e. The lowest BCUT2D eigenvalue weighted by Crippen LogP contribution is -2.33. The highest BCUT2D eigenvalue weighted by molar-refractivity contribution is 5.71. The third-order valence-corrected chi connectivity index (χ3v) is 6.48. The van der Waals surface area contributed by atoms with E-state index in [-0.39, 0.29) is 6.04 Å². The van der Waals surface area contributed by atoms with E-state index in [9.17, 15) is 4.79 Å². The Balaban J connectivity index is 1.35. The van der Waals surface area contributed by atoms with Gasteiger partial charge in [0.1, 0.15) is 11.4 Å². The molecule has 3 aromatic heterocycles. The van der Waals surface area contributed by atoms with Gasteiger partial charge in [0, 0.05) is 44.9 Å². The predicted octanol–water partition coefficient (Wildman–Crippen LogP) is 5.46. The van der Waals surface area contributed by atoms with E-state index in [1.54, 1.807) is 0 Å². The summed E-state index contributed by atoms with van der Waals surface area (Å²) in [5.41, 5.74) is 3.05. The molecule has 4 heterocycles. The molecule has 0 fully saturated rings. The monoisotopic (exact) mass is 537 g/mol. The van der Waals surface area contributed by atoms with Crippen LogP contribution >= 0.6 is 0 Å². The number of nitrogens with one attached hydrogen (secondary N) is 2. The number of amides is 1. The zero-order chi connectivity index (χ0) is 28.0. The lowest BCUT2D eigenvalue weighted by Gasteiger charge is -2.22. The molecule has 0 saturated heterocycles. The number of pyridine rings is 1. The maximum atomic E-state index is 12.2. The first-order valence-electron chi connectivity index (χ1n) is 13.7. The third-order valence-electron chi connectivity index (χ3n) is 6.48. The van der Waals surface area contributed by atoms with Crippen molar-refractivity contribution in [3.05, 3.63) is 72.7 Å². The standard InChI is InChI=1S/C31H35N7O2/c1-31(2,3)40-30(39)33-17-16-24(23-12-7-6-8-13-23)35-27-15-11-14-25(36-27)26-22-34-29-28(32-18-21-38(26)29)37-19-9-4-5-10-20-37/h6-8,11-15,18,21-22,24H,9-10,16-17,19-20H2,1-3H3,(H,33,39)(H,35,36). The number of carbonyl (C=O) groups excluding carboxylic acids is 1. The molecular formula is C31H35N7O2. The van der Waals surface area contributed by atoms with Crippen LogP contribution in [0.2, 0.25) is 0 Å². The smallest absolute Gasteiger partial charge is 0.407 e. The minimum atomic E-state index is -0.540. The Labute approximate surface area is 235 Å². The molecule has 0 aliphatic carbocycles. The second-order valence-corrected chi connectivity index (χ2v) is 10.7. The predicted molar refractivity (Wildman–Crippen MR) is 157 cm³/mol. The quantitative estimate of drug-likeness (QED) is 0.288. The Morgan fingerprint density at radius 3 is 2.58 bits per heavy atom. The van der Waals surface area contributed by atoms with Crippen LogP contribution in [0.4, 0.5) is 16.4 Å². The Hall–Kier alpha value is -4.58. The number of hydrogen-bond acceptors (Lipinski definition) is 7. The van der Waals surface area contributed by atoms with Crippen molar-refractivity contribution >= 4 is 23.4 Å². The summed E-state index contributed by atoms with van der Waals surface area (Å²) in [6, 6.07) is 16.0. The first-order chi connectivity index (χ1) is 19.4. The van der Waals surface area contributed by atoms with Gasteiger partial charge in [0.05, 0.1) is 23.6 Å². The molecule has 0 saturated carbocycles. The molecule has 1 unspecified atom stereocenters. The minimum absolute atomic E-state index is 0.0675. The average Bonchev–Trinajstić information content (AvgIpc) is 3.19. The number of ether oxygens (including phenoxy) is 1. The number of benzene rings is 1. The van der Waals surface area contributed by atoms with E-state index in [0.717, 1.165) is 60.2 Å². The maximum Gasteiger partial charge on any atom is 0.407 e. The van der Waals surface area contributed by atoms with E-state index >= 15 is 0 Å². The van der Waals surface area contributed by atoms with Crippen molar-refractivity contribution in [3.63, 3.8) is 0 Å². The van der Waals surface area contributed by atoms with Gasteiger partial charge < -0.3 is 20.3 Å². The van der Waals surface area contributed by atoms with Gasteiger partial charge in [0.25, 0.3) is 0 Å². The second kappa shape index (κ2) is 12.1. The van der Waals surface area contributed by atoms with E-state index in [1.807, 2.05) is 80.2 Å². The molecule has 0 spiro atoms. The molecule has 40 heavy (non-hydrogen) atoms. The summed E-state index contributed by atoms with van der Waals surface area (Å²) in [4.78, 5) is 28.7. The fraction of sp³-hybridized carbons (Fsp3) is 0.355. The number of rotatable bonds is 8. The third kappa shape index (κ3) is 6.70. The normalized spacial score (nSPS) is 14.1. The molecule has 0 bridgehead atoms. The fourth-order valence-electron chi connectivity index (χ4n) is 4.68. The molecule has 0 radical (unpaired) electrons. The van der Waals surface area contributed by atoms with Crippen molar-refractivity contribution in [2.45, 2.75) is 51.7 Å². The lowest BCUT2D eigenvalue weighted by molar-refractivity contribution is 0.0526. The van der Waals surface area contributed by atoms with Gasteiger partial charge >= 0.3 is 6.09 Å². The van der Waals surface area contributed by atoms with Gasteiger partial charge in [-0.2, -0.15) is 0 Å². The topological polar surface area (TPSA) is 96.7 Å². The van der Waals surface area contributed by atoms with E-state index in [1.165, 1.54) is 0 Å². The number of aromatic nitrogens is 4. The molecule has 1 atom stereocenters. The van der Waals surface area contributed by atoms with Gasteiger partial charge in [-0.3, -0.25) is 4.40 Å². The van der Waals surface area contributed by atoms with E-state index < -0.39 is 11.7 Å². The molecular weight excluding hydrogens is 502 g/mol. The molecule has 4 aromatic rings. The number of anilines is 2. The van der Waals surface area contributed by atoms with Crippen LogP contribution in [0.1, 0.15) is 51.6 Å². The number of imidazole rings is 1. The van der Waals surface area contributed by atoms with Crippen LogP contribution in [-0.4, -0.2) is 50.7 Å². The number of alkyl carbamates (subject to hydrolysis) is 1. The van der Waals surface area contributed by atoms with Crippen molar-refractivity contribution < 1.29 is 9.53 Å². The molecule has 1 aliphatic heterocycles. The van der Waals surface area contributed by atoms with E-state index in [4.69, 9.17) is 14.7 Å². The number of nitrogens with zero attached hydrogens (tertiary/aromatic N) is 5. The first kappa shape index (κ1) is 27.0. The summed E-state index contributed by atoms with van der Waals surface area (Å²) >= 11 is 0. The van der Waals surface area contributed by atoms with Crippen LogP contribution in [0.5, 0.6) is 0 Å². The molecule has 9 heteroatoms. The van der Waals surface area contributed by atoms with Crippen LogP contribution < -0.4 is 15.5 Å². The average molecular weight is 538 g/mol. The SMILES string of the molecule is CC(C)(C)OC(=O)NCCC(Nc1cccc(-c2cnc3c(N4CCC#CCC4)nccn23)n1)c1ccccc1. The molecule has 1 aliphatic rings. The Morgan fingerprint density at radius 1 is 1.05 bits per heavy atom. The van der Waals surface area contributed by atoms with Crippen LogP contribution in [0.25, 0.3) is 17.0 Å². The molecule has 206 valence electrons. The fourth-order valence-corrected chi connectivity index (χ4v) is 4.68. The summed E-state index contributed by atoms with van der Waals surface area (Å²) in [6.45, 7) is 7.68. The summed E-state index contributed by atoms with van der Waals surface area (Å²) < 4.78 is 7.43. The van der Waals surface area contributed by atoms with Crippen molar-refractivity contribution in [1.29, 1.82) is 0 Å². The van der Waals surface area contributed by atoms with Gasteiger partial charge in [-0.25, -0.2) is 19.7 Å². The highest BCUT2D eigenvalue weighted by Crippen LogP contribution is 2.27. The molecule has 1 amide bonds. The van der Waals surface area contributed by atoms with Gasteiger partial charge in [0.2, 0.25) is 0 Å². The number of fused-ring (bicyclic) bond motifs is 1. The van der Waals surface area contributed by atoms with Gasteiger partial charge in [-0.15, -0.1) is 11.8 Å². The van der Waals surface area contributed by atoms with Crippen LogP contribution in [0.3, 0.4) is 0 Å². The highest BCUT2D eigenvalue weighted by atomic mass is 16.6. The molecule has 5 rings (SSSR count). The first-order valence-corrected chi connectivity index (χ1v) is 13.7. The van der Waals surface area contributed by atoms with Gasteiger partial charge in [-0.05, 0) is 44.9 Å². The summed E-state index contributed by atoms with van der Waals surface area (Å²) in [6.07, 6.45) is 7.45. The van der Waals surface area contributed by atoms with Crippen LogP contribution in [0.15, 0.2) is 67.1 Å². The Kier molecular flexibility index (Phi) is 8.15. The van der Waals surface area contributed by atoms with Crippen molar-refractivity contribution in [2.24, 2.45) is 0 Å². The second-order valence-electron chi connectivity index (χ2n) is 10.7. The van der Waals surface area contributed by atoms with E-state index in [2.05, 4.69) is 44.5 Å². The summed E-state index contributed by atoms with van der Waals surface area (Å²) in [5.74, 6) is 7.98. The molecule has 9 nitrogen and oxygen atoms in total. The van der Waals surface area contributed by atoms with Crippen LogP contribution in [0, 0.1) is 11.8 Å². The largest absolute Gasteiger partial charge is 0.444 e.